The van der Waals surface area contributed by atoms with Crippen LogP contribution in [0.2, 0.25) is 0 Å². The summed E-state index contributed by atoms with van der Waals surface area (Å²) in [4.78, 5) is 5.00. The second-order valence-corrected chi connectivity index (χ2v) is 18.4. The molecule has 0 aliphatic carbocycles. The summed E-state index contributed by atoms with van der Waals surface area (Å²) in [6.07, 6.45) is 0. The average molecular weight is 902 g/mol. The van der Waals surface area contributed by atoms with Crippen LogP contribution in [0.1, 0.15) is 5.56 Å². The lowest BCUT2D eigenvalue weighted by Gasteiger charge is -2.44. The van der Waals surface area contributed by atoms with Gasteiger partial charge in [-0.1, -0.05) is 200 Å². The van der Waals surface area contributed by atoms with Crippen LogP contribution in [0.3, 0.4) is 0 Å². The zero-order valence-electron chi connectivity index (χ0n) is 38.8. The predicted octanol–water partition coefficient (Wildman–Crippen LogP) is 15.6. The van der Waals surface area contributed by atoms with Crippen LogP contribution in [0.4, 0.5) is 34.1 Å². The quantitative estimate of drug-likeness (QED) is 0.142. The molecule has 13 rings (SSSR count). The number of rotatable bonds is 8. The molecule has 0 radical (unpaired) electrons. The fourth-order valence-corrected chi connectivity index (χ4v) is 10.9. The number of anilines is 6. The van der Waals surface area contributed by atoms with Gasteiger partial charge in [-0.15, -0.1) is 0 Å². The van der Waals surface area contributed by atoms with Crippen LogP contribution < -0.4 is 26.2 Å². The maximum Gasteiger partial charge on any atom is 0.252 e. The molecular formula is C67H44BN3. The first-order valence-corrected chi connectivity index (χ1v) is 24.2. The first-order chi connectivity index (χ1) is 35.1. The van der Waals surface area contributed by atoms with Gasteiger partial charge < -0.3 is 9.80 Å². The standard InChI is InChI=1S/C67H44BN3/c69-45-46-15-13-24-53(39-46)54-25-14-26-55(40-54)58-43-65-67-66(44-58)71(60-35-29-52(30-36-60)48-18-7-2-8-19-48)64-38-32-57(50-22-11-4-12-23-50)42-62(64)68(67)61-41-56(49-20-9-3-10-21-49)31-37-63(61)70(65)59-33-27-51(28-34-59)47-16-5-1-6-17-47/h1-44H. The van der Waals surface area contributed by atoms with Gasteiger partial charge in [-0.3, -0.25) is 0 Å². The largest absolute Gasteiger partial charge is 0.311 e. The summed E-state index contributed by atoms with van der Waals surface area (Å²) >= 11 is 0. The Morgan fingerprint density at radius 3 is 1.04 bits per heavy atom. The number of benzene rings is 11. The molecule has 2 heterocycles. The van der Waals surface area contributed by atoms with Gasteiger partial charge in [0.2, 0.25) is 0 Å². The van der Waals surface area contributed by atoms with Gasteiger partial charge in [-0.25, -0.2) is 0 Å². The van der Waals surface area contributed by atoms with Crippen molar-refractivity contribution >= 4 is 57.2 Å². The van der Waals surface area contributed by atoms with Crippen LogP contribution in [0.5, 0.6) is 0 Å². The van der Waals surface area contributed by atoms with Crippen molar-refractivity contribution < 1.29 is 0 Å². The van der Waals surface area contributed by atoms with E-state index in [9.17, 15) is 5.26 Å². The van der Waals surface area contributed by atoms with Crippen molar-refractivity contribution in [3.05, 3.63) is 272 Å². The van der Waals surface area contributed by atoms with Crippen molar-refractivity contribution in [2.45, 2.75) is 0 Å². The van der Waals surface area contributed by atoms with Gasteiger partial charge in [-0.05, 0) is 150 Å². The summed E-state index contributed by atoms with van der Waals surface area (Å²) in [7, 11) is 0. The number of nitrogens with zero attached hydrogens (tertiary/aromatic N) is 3. The number of fused-ring (bicyclic) bond motifs is 4. The van der Waals surface area contributed by atoms with E-state index < -0.39 is 0 Å². The second kappa shape index (κ2) is 17.6. The summed E-state index contributed by atoms with van der Waals surface area (Å²) in [6, 6.07) is 98.9. The normalized spacial score (nSPS) is 12.1. The summed E-state index contributed by atoms with van der Waals surface area (Å²) < 4.78 is 0. The Balaban J connectivity index is 1.10. The SMILES string of the molecule is N#Cc1cccc(-c2cccc(-c3cc4c5c(c3)N(c3ccc(-c6ccccc6)cc3)c3ccc(-c6ccccc6)cc3B5c3cc(-c5ccccc5)ccc3N4c3ccc(-c4ccccc4)cc3)c2)c1. The van der Waals surface area contributed by atoms with Crippen LogP contribution in [0.25, 0.3) is 66.8 Å². The third-order valence-corrected chi connectivity index (χ3v) is 14.3. The Hall–Kier alpha value is -9.43. The lowest BCUT2D eigenvalue weighted by molar-refractivity contribution is 1.25. The topological polar surface area (TPSA) is 30.3 Å². The van der Waals surface area contributed by atoms with Gasteiger partial charge in [0.05, 0.1) is 11.6 Å². The van der Waals surface area contributed by atoms with E-state index in [1.54, 1.807) is 0 Å². The van der Waals surface area contributed by atoms with Crippen molar-refractivity contribution in [1.29, 1.82) is 5.26 Å². The van der Waals surface area contributed by atoms with E-state index in [0.717, 1.165) is 56.4 Å². The molecule has 11 aromatic rings. The fraction of sp³-hybridized carbons (Fsp3) is 0. The molecule has 0 saturated heterocycles. The average Bonchev–Trinajstić information content (AvgIpc) is 3.46. The number of nitriles is 1. The molecule has 0 atom stereocenters. The summed E-state index contributed by atoms with van der Waals surface area (Å²) in [6.45, 7) is -0.105. The van der Waals surface area contributed by atoms with E-state index in [1.165, 1.54) is 60.9 Å². The van der Waals surface area contributed by atoms with Gasteiger partial charge in [0, 0.05) is 34.1 Å². The molecule has 2 aliphatic heterocycles. The molecule has 0 N–H and O–H groups in total. The first-order valence-electron chi connectivity index (χ1n) is 24.2. The third kappa shape index (κ3) is 7.49. The number of hydrogen-bond acceptors (Lipinski definition) is 3. The monoisotopic (exact) mass is 901 g/mol. The molecular weight excluding hydrogens is 858 g/mol. The minimum atomic E-state index is -0.105. The summed E-state index contributed by atoms with van der Waals surface area (Å²) in [5.41, 5.74) is 24.8. The van der Waals surface area contributed by atoms with Crippen LogP contribution >= 0.6 is 0 Å². The molecule has 2 aliphatic rings. The Morgan fingerprint density at radius 1 is 0.268 bits per heavy atom. The highest BCUT2D eigenvalue weighted by Gasteiger charge is 2.44. The van der Waals surface area contributed by atoms with Crippen LogP contribution in [-0.4, -0.2) is 6.71 Å². The van der Waals surface area contributed by atoms with Gasteiger partial charge in [0.1, 0.15) is 0 Å². The molecule has 0 bridgehead atoms. The lowest BCUT2D eigenvalue weighted by Crippen LogP contribution is -2.61. The first kappa shape index (κ1) is 41.7. The molecule has 0 fully saturated rings. The van der Waals surface area contributed by atoms with E-state index in [1.807, 2.05) is 18.2 Å². The maximum absolute atomic E-state index is 9.85. The van der Waals surface area contributed by atoms with Crippen LogP contribution in [-0.2, 0) is 0 Å². The van der Waals surface area contributed by atoms with Crippen molar-refractivity contribution in [2.75, 3.05) is 9.80 Å². The Morgan fingerprint density at radius 2 is 0.606 bits per heavy atom. The zero-order valence-corrected chi connectivity index (χ0v) is 38.8. The van der Waals surface area contributed by atoms with E-state index in [-0.39, 0.29) is 6.71 Å². The van der Waals surface area contributed by atoms with Crippen molar-refractivity contribution in [2.24, 2.45) is 0 Å². The Bertz CT molecular complexity index is 3610. The molecule has 71 heavy (non-hydrogen) atoms. The van der Waals surface area contributed by atoms with Gasteiger partial charge >= 0.3 is 0 Å². The van der Waals surface area contributed by atoms with Gasteiger partial charge in [-0.2, -0.15) is 5.26 Å². The number of hydrogen-bond donors (Lipinski definition) is 0. The smallest absolute Gasteiger partial charge is 0.252 e. The summed E-state index contributed by atoms with van der Waals surface area (Å²) in [5.74, 6) is 0. The van der Waals surface area contributed by atoms with Crippen LogP contribution in [0, 0.1) is 11.3 Å². The highest BCUT2D eigenvalue weighted by Crippen LogP contribution is 2.47. The third-order valence-electron chi connectivity index (χ3n) is 14.3. The second-order valence-electron chi connectivity index (χ2n) is 18.4. The molecule has 0 amide bonds. The van der Waals surface area contributed by atoms with Crippen molar-refractivity contribution in [3.63, 3.8) is 0 Å². The zero-order chi connectivity index (χ0) is 47.3. The molecule has 4 heteroatoms. The Labute approximate surface area is 415 Å². The fourth-order valence-electron chi connectivity index (χ4n) is 10.9. The molecule has 0 unspecified atom stereocenters. The van der Waals surface area contributed by atoms with Gasteiger partial charge in [0.15, 0.2) is 0 Å². The summed E-state index contributed by atoms with van der Waals surface area (Å²) in [5, 5.41) is 9.85. The van der Waals surface area contributed by atoms with E-state index in [0.29, 0.717) is 5.56 Å². The molecule has 11 aromatic carbocycles. The molecule has 0 spiro atoms. The maximum atomic E-state index is 9.85. The minimum Gasteiger partial charge on any atom is -0.311 e. The molecule has 3 nitrogen and oxygen atoms in total. The molecule has 0 saturated carbocycles. The molecule has 330 valence electrons. The lowest BCUT2D eigenvalue weighted by atomic mass is 9.33. The molecule has 0 aromatic heterocycles. The van der Waals surface area contributed by atoms with Crippen molar-refractivity contribution in [3.8, 4) is 72.8 Å². The van der Waals surface area contributed by atoms with E-state index in [4.69, 9.17) is 0 Å². The van der Waals surface area contributed by atoms with E-state index in [2.05, 4.69) is 265 Å². The highest BCUT2D eigenvalue weighted by atomic mass is 15.2. The van der Waals surface area contributed by atoms with E-state index >= 15 is 0 Å². The minimum absolute atomic E-state index is 0.105. The van der Waals surface area contributed by atoms with Crippen molar-refractivity contribution in [1.82, 2.24) is 0 Å². The van der Waals surface area contributed by atoms with Crippen LogP contribution in [0.15, 0.2) is 267 Å². The Kier molecular flexibility index (Phi) is 10.3. The predicted molar refractivity (Wildman–Crippen MR) is 298 cm³/mol. The highest BCUT2D eigenvalue weighted by molar-refractivity contribution is 7.00. The van der Waals surface area contributed by atoms with Gasteiger partial charge in [0.25, 0.3) is 6.71 Å².